The molecular formula is C7H14N4S. The molecule has 1 aromatic heterocycles. The summed E-state index contributed by atoms with van der Waals surface area (Å²) in [4.78, 5) is 4.00. The highest BCUT2D eigenvalue weighted by molar-refractivity contribution is 7.80. The Morgan fingerprint density at radius 2 is 2.17 bits per heavy atom. The molecule has 0 bridgehead atoms. The minimum absolute atomic E-state index is 0.333. The molecule has 1 aromatic rings. The number of rotatable bonds is 5. The largest absolute Gasteiger partial charge is 0.367 e. The summed E-state index contributed by atoms with van der Waals surface area (Å²) in [5.74, 6) is 2.17. The van der Waals surface area contributed by atoms with Gasteiger partial charge in [-0.15, -0.1) is 5.10 Å². The smallest absolute Gasteiger partial charge is 0.239 e. The van der Waals surface area contributed by atoms with Gasteiger partial charge in [-0.3, -0.25) is 5.10 Å². The molecule has 5 heteroatoms. The summed E-state index contributed by atoms with van der Waals surface area (Å²) in [5, 5.41) is 6.52. The molecule has 0 unspecified atom stereocenters. The highest BCUT2D eigenvalue weighted by atomic mass is 32.1. The van der Waals surface area contributed by atoms with Gasteiger partial charge in [0.25, 0.3) is 0 Å². The number of aryl methyl sites for hydroxylation is 1. The molecule has 12 heavy (non-hydrogen) atoms. The van der Waals surface area contributed by atoms with Crippen molar-refractivity contribution in [2.75, 3.05) is 11.5 Å². The average Bonchev–Trinajstić information content (AvgIpc) is 2.45. The van der Waals surface area contributed by atoms with Gasteiger partial charge in [-0.1, -0.05) is 6.42 Å². The maximum Gasteiger partial charge on any atom is 0.239 e. The Morgan fingerprint density at radius 3 is 2.75 bits per heavy atom. The lowest BCUT2D eigenvalue weighted by atomic mass is 10.2. The number of thiol groups is 1. The Kier molecular flexibility index (Phi) is 3.93. The Bertz CT molecular complexity index is 223. The van der Waals surface area contributed by atoms with Crippen LogP contribution in [0.25, 0.3) is 0 Å². The SMILES string of the molecule is Nc1n[nH]c(CCCCCS)n1. The summed E-state index contributed by atoms with van der Waals surface area (Å²) < 4.78 is 0. The van der Waals surface area contributed by atoms with Gasteiger partial charge < -0.3 is 5.73 Å². The van der Waals surface area contributed by atoms with Gasteiger partial charge in [-0.05, 0) is 18.6 Å². The monoisotopic (exact) mass is 186 g/mol. The predicted molar refractivity (Wildman–Crippen MR) is 52.2 cm³/mol. The zero-order valence-corrected chi connectivity index (χ0v) is 7.85. The average molecular weight is 186 g/mol. The fraction of sp³-hybridized carbons (Fsp3) is 0.714. The van der Waals surface area contributed by atoms with Crippen molar-refractivity contribution in [2.24, 2.45) is 0 Å². The maximum atomic E-state index is 5.34. The van der Waals surface area contributed by atoms with Gasteiger partial charge in [-0.25, -0.2) is 0 Å². The van der Waals surface area contributed by atoms with Crippen LogP contribution in [0.4, 0.5) is 5.95 Å². The molecule has 0 aliphatic rings. The lowest BCUT2D eigenvalue weighted by Crippen LogP contribution is -1.90. The normalized spacial score (nSPS) is 10.4. The number of nitrogen functional groups attached to an aromatic ring is 1. The summed E-state index contributed by atoms with van der Waals surface area (Å²) in [5.41, 5.74) is 5.34. The quantitative estimate of drug-likeness (QED) is 0.475. The number of unbranched alkanes of at least 4 members (excludes halogenated alkanes) is 2. The Balaban J connectivity index is 2.15. The first-order valence-corrected chi connectivity index (χ1v) is 4.74. The van der Waals surface area contributed by atoms with Crippen LogP contribution in [-0.4, -0.2) is 20.9 Å². The van der Waals surface area contributed by atoms with Gasteiger partial charge >= 0.3 is 0 Å². The minimum Gasteiger partial charge on any atom is -0.367 e. The number of nitrogens with zero attached hydrogens (tertiary/aromatic N) is 2. The van der Waals surface area contributed by atoms with Crippen LogP contribution in [-0.2, 0) is 6.42 Å². The van der Waals surface area contributed by atoms with E-state index in [9.17, 15) is 0 Å². The first-order chi connectivity index (χ1) is 5.83. The van der Waals surface area contributed by atoms with Crippen LogP contribution in [0, 0.1) is 0 Å². The van der Waals surface area contributed by atoms with Crippen molar-refractivity contribution in [2.45, 2.75) is 25.7 Å². The molecule has 0 atom stereocenters. The number of hydrogen-bond acceptors (Lipinski definition) is 4. The zero-order valence-electron chi connectivity index (χ0n) is 6.95. The van der Waals surface area contributed by atoms with Crippen LogP contribution in [0.1, 0.15) is 25.1 Å². The molecule has 68 valence electrons. The van der Waals surface area contributed by atoms with Crippen LogP contribution in [0.2, 0.25) is 0 Å². The Morgan fingerprint density at radius 1 is 1.33 bits per heavy atom. The van der Waals surface area contributed by atoms with E-state index in [0.29, 0.717) is 5.95 Å². The van der Waals surface area contributed by atoms with Gasteiger partial charge in [0.15, 0.2) is 0 Å². The molecule has 0 saturated heterocycles. The summed E-state index contributed by atoms with van der Waals surface area (Å²) in [6.07, 6.45) is 4.39. The molecule has 0 aromatic carbocycles. The van der Waals surface area contributed by atoms with Crippen molar-refractivity contribution >= 4 is 18.6 Å². The van der Waals surface area contributed by atoms with Gasteiger partial charge in [0, 0.05) is 6.42 Å². The second kappa shape index (κ2) is 5.03. The minimum atomic E-state index is 0.333. The molecule has 4 nitrogen and oxygen atoms in total. The van der Waals surface area contributed by atoms with Crippen molar-refractivity contribution in [1.82, 2.24) is 15.2 Å². The van der Waals surface area contributed by atoms with Crippen molar-refractivity contribution < 1.29 is 0 Å². The molecule has 0 radical (unpaired) electrons. The van der Waals surface area contributed by atoms with E-state index in [0.717, 1.165) is 30.8 Å². The van der Waals surface area contributed by atoms with E-state index in [1.807, 2.05) is 0 Å². The predicted octanol–water partition coefficient (Wildman–Crippen LogP) is 1.03. The van der Waals surface area contributed by atoms with Crippen molar-refractivity contribution in [3.05, 3.63) is 5.82 Å². The second-order valence-corrected chi connectivity index (χ2v) is 3.12. The molecular weight excluding hydrogens is 172 g/mol. The summed E-state index contributed by atoms with van der Waals surface area (Å²) in [6, 6.07) is 0. The maximum absolute atomic E-state index is 5.34. The van der Waals surface area contributed by atoms with Crippen molar-refractivity contribution in [3.8, 4) is 0 Å². The van der Waals surface area contributed by atoms with Crippen LogP contribution in [0.3, 0.4) is 0 Å². The molecule has 1 heterocycles. The van der Waals surface area contributed by atoms with Gasteiger partial charge in [0.2, 0.25) is 5.95 Å². The highest BCUT2D eigenvalue weighted by Gasteiger charge is 1.97. The summed E-state index contributed by atoms with van der Waals surface area (Å²) in [7, 11) is 0. The zero-order chi connectivity index (χ0) is 8.81. The standard InChI is InChI=1S/C7H14N4S/c8-7-9-6(10-11-7)4-2-1-3-5-12/h12H,1-5H2,(H3,8,9,10,11). The third kappa shape index (κ3) is 3.13. The summed E-state index contributed by atoms with van der Waals surface area (Å²) in [6.45, 7) is 0. The van der Waals surface area contributed by atoms with E-state index >= 15 is 0 Å². The topological polar surface area (TPSA) is 67.6 Å². The molecule has 0 aliphatic heterocycles. The molecule has 0 saturated carbocycles. The molecule has 0 amide bonds. The van der Waals surface area contributed by atoms with Crippen molar-refractivity contribution in [3.63, 3.8) is 0 Å². The van der Waals surface area contributed by atoms with E-state index in [4.69, 9.17) is 5.73 Å². The number of hydrogen-bond donors (Lipinski definition) is 3. The molecule has 0 fully saturated rings. The van der Waals surface area contributed by atoms with Crippen molar-refractivity contribution in [1.29, 1.82) is 0 Å². The number of aromatic nitrogens is 3. The molecule has 0 aliphatic carbocycles. The Hall–Kier alpha value is -0.710. The number of aromatic amines is 1. The van der Waals surface area contributed by atoms with Gasteiger partial charge in [0.1, 0.15) is 5.82 Å². The molecule has 0 spiro atoms. The molecule has 3 N–H and O–H groups in total. The number of H-pyrrole nitrogens is 1. The number of nitrogens with two attached hydrogens (primary N) is 1. The van der Waals surface area contributed by atoms with Gasteiger partial charge in [-0.2, -0.15) is 17.6 Å². The first kappa shape index (κ1) is 9.38. The number of anilines is 1. The lowest BCUT2D eigenvalue weighted by molar-refractivity contribution is 0.700. The van der Waals surface area contributed by atoms with E-state index in [1.54, 1.807) is 0 Å². The fourth-order valence-corrected chi connectivity index (χ4v) is 1.23. The first-order valence-electron chi connectivity index (χ1n) is 4.10. The van der Waals surface area contributed by atoms with Crippen LogP contribution >= 0.6 is 12.6 Å². The third-order valence-electron chi connectivity index (χ3n) is 1.62. The van der Waals surface area contributed by atoms with Crippen LogP contribution < -0.4 is 5.73 Å². The fourth-order valence-electron chi connectivity index (χ4n) is 1.00. The molecule has 1 rings (SSSR count). The van der Waals surface area contributed by atoms with Crippen LogP contribution in [0.15, 0.2) is 0 Å². The van der Waals surface area contributed by atoms with Gasteiger partial charge in [0.05, 0.1) is 0 Å². The third-order valence-corrected chi connectivity index (χ3v) is 1.94. The van der Waals surface area contributed by atoms with Crippen LogP contribution in [0.5, 0.6) is 0 Å². The second-order valence-electron chi connectivity index (χ2n) is 2.67. The van der Waals surface area contributed by atoms with E-state index < -0.39 is 0 Å². The van der Waals surface area contributed by atoms with E-state index in [-0.39, 0.29) is 0 Å². The Labute approximate surface area is 77.4 Å². The highest BCUT2D eigenvalue weighted by Crippen LogP contribution is 2.03. The van der Waals surface area contributed by atoms with E-state index in [1.165, 1.54) is 6.42 Å². The lowest BCUT2D eigenvalue weighted by Gasteiger charge is -1.94. The summed E-state index contributed by atoms with van der Waals surface area (Å²) >= 11 is 4.13. The number of nitrogens with one attached hydrogen (secondary N) is 1. The van der Waals surface area contributed by atoms with E-state index in [2.05, 4.69) is 27.8 Å².